The van der Waals surface area contributed by atoms with Crippen LogP contribution in [0.4, 0.5) is 4.79 Å². The van der Waals surface area contributed by atoms with Crippen molar-refractivity contribution in [3.63, 3.8) is 0 Å². The van der Waals surface area contributed by atoms with Crippen LogP contribution in [0.3, 0.4) is 0 Å². The molecule has 0 radical (unpaired) electrons. The van der Waals surface area contributed by atoms with Crippen LogP contribution < -0.4 is 10.2 Å². The molecule has 0 aromatic rings. The zero-order valence-corrected chi connectivity index (χ0v) is 9.33. The summed E-state index contributed by atoms with van der Waals surface area (Å²) in [5.74, 6) is 0. The van der Waals surface area contributed by atoms with Crippen LogP contribution in [0.25, 0.3) is 0 Å². The van der Waals surface area contributed by atoms with E-state index in [-0.39, 0.29) is 37.7 Å². The summed E-state index contributed by atoms with van der Waals surface area (Å²) in [6, 6.07) is 0. The standard InChI is InChI=1S/CH2O3.2Al.Ca.3O/c2-1(3)4;;;;;;/h(H2,2,3,4);;;;;;/q;;;+2;;;/p-2. The molecule has 48 valence electrons. The molecule has 10 heavy (non-hydrogen) atoms. The van der Waals surface area contributed by atoms with E-state index >= 15 is 0 Å². The normalized spacial score (nSPS) is 4.40. The van der Waals surface area contributed by atoms with E-state index in [1.165, 1.54) is 0 Å². The first kappa shape index (κ1) is 17.2. The van der Waals surface area contributed by atoms with Gasteiger partial charge in [0.25, 0.3) is 0 Å². The first-order valence-electron chi connectivity index (χ1n) is 1.56. The van der Waals surface area contributed by atoms with E-state index in [0.29, 0.717) is 0 Å². The van der Waals surface area contributed by atoms with Crippen LogP contribution in [0.15, 0.2) is 0 Å². The molecular formula is CAl2CaO6. The zero-order valence-electron chi connectivity index (χ0n) is 4.81. The topological polar surface area (TPSA) is 107 Å². The maximum absolute atomic E-state index is 9.21. The molecule has 0 saturated carbocycles. The Morgan fingerprint density at radius 2 is 1.40 bits per heavy atom. The van der Waals surface area contributed by atoms with E-state index in [9.17, 15) is 7.61 Å². The average Bonchev–Trinajstić information content (AvgIpc) is 1.66. The molecule has 0 aromatic heterocycles. The second kappa shape index (κ2) is 16.5. The molecule has 0 aromatic carbocycles. The van der Waals surface area contributed by atoms with Crippen LogP contribution in [0.2, 0.25) is 0 Å². The molecule has 0 atom stereocenters. The minimum atomic E-state index is -2.33. The molecule has 0 aliphatic carbocycles. The Labute approximate surface area is 99.1 Å². The summed E-state index contributed by atoms with van der Waals surface area (Å²) < 4.78 is 22.3. The minimum absolute atomic E-state index is 0. The van der Waals surface area contributed by atoms with Crippen molar-refractivity contribution in [3.05, 3.63) is 0 Å². The van der Waals surface area contributed by atoms with E-state index in [0.717, 1.165) is 0 Å². The van der Waals surface area contributed by atoms with Gasteiger partial charge < -0.3 is 15.0 Å². The zero-order chi connectivity index (χ0) is 7.70. The van der Waals surface area contributed by atoms with Gasteiger partial charge in [-0.2, -0.15) is 0 Å². The average molecular weight is 202 g/mol. The fourth-order valence-corrected chi connectivity index (χ4v) is 0.204. The Morgan fingerprint density at radius 3 is 1.40 bits per heavy atom. The van der Waals surface area contributed by atoms with Gasteiger partial charge in [0, 0.05) is 0 Å². The molecule has 0 aliphatic rings. The molecule has 0 unspecified atom stereocenters. The Bertz CT molecular complexity index is 93.9. The number of hydrogen-bond acceptors (Lipinski definition) is 6. The predicted molar refractivity (Wildman–Crippen MR) is 25.1 cm³/mol. The van der Waals surface area contributed by atoms with E-state index in [1.54, 1.807) is 0 Å². The summed E-state index contributed by atoms with van der Waals surface area (Å²) in [5, 5.41) is 16.7. The number of rotatable bonds is 2. The summed E-state index contributed by atoms with van der Waals surface area (Å²) in [6.45, 7) is 0. The Kier molecular flexibility index (Phi) is 28.4. The number of carbonyl (C=O) groups excluding carboxylic acids is 1. The van der Waals surface area contributed by atoms with Crippen molar-refractivity contribution in [2.24, 2.45) is 0 Å². The SMILES string of the molecule is O=C([O-])[O-].[Ca+2].[O]=[Al][O][Al]=[O]. The van der Waals surface area contributed by atoms with E-state index in [1.807, 2.05) is 0 Å². The van der Waals surface area contributed by atoms with Crippen molar-refractivity contribution in [1.82, 2.24) is 0 Å². The third kappa shape index (κ3) is 64.1. The van der Waals surface area contributed by atoms with Crippen LogP contribution in [0.1, 0.15) is 0 Å². The van der Waals surface area contributed by atoms with Gasteiger partial charge in [-0.1, -0.05) is 0 Å². The van der Waals surface area contributed by atoms with Crippen LogP contribution in [0, 0.1) is 0 Å². The van der Waals surface area contributed by atoms with Gasteiger partial charge in [0.05, 0.1) is 0 Å². The van der Waals surface area contributed by atoms with E-state index in [4.69, 9.17) is 15.0 Å². The Morgan fingerprint density at radius 1 is 1.20 bits per heavy atom. The third-order valence-electron chi connectivity index (χ3n) is 0.111. The molecule has 0 amide bonds. The van der Waals surface area contributed by atoms with Gasteiger partial charge in [-0.25, -0.2) is 0 Å². The molecule has 0 bridgehead atoms. The summed E-state index contributed by atoms with van der Waals surface area (Å²) >= 11 is -2.48. The summed E-state index contributed by atoms with van der Waals surface area (Å²) in [7, 11) is 0. The first-order valence-corrected chi connectivity index (χ1v) is 3.44. The summed E-state index contributed by atoms with van der Waals surface area (Å²) in [4.78, 5) is 8.33. The molecule has 0 heterocycles. The van der Waals surface area contributed by atoms with Gasteiger partial charge in [0.2, 0.25) is 0 Å². The fourth-order valence-electron chi connectivity index (χ4n) is 0.0227. The number of hydrogen-bond donors (Lipinski definition) is 0. The molecule has 0 saturated heterocycles. The molecule has 0 N–H and O–H groups in total. The second-order valence-corrected chi connectivity index (χ2v) is 2.05. The van der Waals surface area contributed by atoms with Crippen molar-refractivity contribution in [2.75, 3.05) is 0 Å². The van der Waals surface area contributed by atoms with E-state index in [2.05, 4.69) is 2.84 Å². The van der Waals surface area contributed by atoms with Crippen molar-refractivity contribution in [2.45, 2.75) is 0 Å². The quantitative estimate of drug-likeness (QED) is 0.423. The Balaban J connectivity index is -0.0000000910. The molecule has 0 fully saturated rings. The fraction of sp³-hybridized carbons (Fsp3) is 0. The van der Waals surface area contributed by atoms with Crippen molar-refractivity contribution >= 4 is 74.9 Å². The molecule has 0 rings (SSSR count). The number of carboxylic acid groups (broad SMARTS) is 2. The second-order valence-electron chi connectivity index (χ2n) is 0.579. The van der Waals surface area contributed by atoms with Gasteiger partial charge >= 0.3 is 79.2 Å². The van der Waals surface area contributed by atoms with Gasteiger partial charge in [-0.3, -0.25) is 0 Å². The van der Waals surface area contributed by atoms with Crippen LogP contribution in [0.5, 0.6) is 0 Å². The first-order chi connectivity index (χ1) is 4.15. The third-order valence-corrected chi connectivity index (χ3v) is 1.00. The molecule has 0 spiro atoms. The molecular weight excluding hydrogens is 202 g/mol. The molecule has 9 heteroatoms. The maximum atomic E-state index is 9.21. The van der Waals surface area contributed by atoms with Crippen molar-refractivity contribution < 1.29 is 25.5 Å². The van der Waals surface area contributed by atoms with Crippen molar-refractivity contribution in [3.8, 4) is 0 Å². The summed E-state index contributed by atoms with van der Waals surface area (Å²) in [5.41, 5.74) is 0. The number of carbonyl (C=O) groups is 1. The van der Waals surface area contributed by atoms with Gasteiger partial charge in [-0.05, 0) is 6.16 Å². The monoisotopic (exact) mass is 202 g/mol. The van der Waals surface area contributed by atoms with Crippen LogP contribution in [-0.4, -0.2) is 74.9 Å². The molecule has 0 aliphatic heterocycles. The summed E-state index contributed by atoms with van der Waals surface area (Å²) in [6.07, 6.45) is -2.33. The van der Waals surface area contributed by atoms with Crippen molar-refractivity contribution in [1.29, 1.82) is 0 Å². The van der Waals surface area contributed by atoms with Crippen LogP contribution >= 0.6 is 0 Å². The van der Waals surface area contributed by atoms with Gasteiger partial charge in [-0.15, -0.1) is 0 Å². The predicted octanol–water partition coefficient (Wildman–Crippen LogP) is -3.90. The van der Waals surface area contributed by atoms with Crippen LogP contribution in [-0.2, 0) is 10.4 Å². The van der Waals surface area contributed by atoms with Gasteiger partial charge in [0.1, 0.15) is 0 Å². The van der Waals surface area contributed by atoms with E-state index < -0.39 is 37.1 Å². The van der Waals surface area contributed by atoms with Gasteiger partial charge in [0.15, 0.2) is 0 Å². The Hall–Kier alpha value is 0.995. The molecule has 6 nitrogen and oxygen atoms in total.